The Morgan fingerprint density at radius 2 is 1.86 bits per heavy atom. The minimum atomic E-state index is -3.88. The summed E-state index contributed by atoms with van der Waals surface area (Å²) in [7, 11) is -3.88. The maximum Gasteiger partial charge on any atom is 0.294 e. The van der Waals surface area contributed by atoms with Crippen LogP contribution in [0.1, 0.15) is 0 Å². The van der Waals surface area contributed by atoms with Crippen LogP contribution in [0.15, 0.2) is 51.1 Å². The Balaban J connectivity index is 2.01. The van der Waals surface area contributed by atoms with Crippen molar-refractivity contribution in [1.82, 2.24) is 0 Å². The van der Waals surface area contributed by atoms with Crippen molar-refractivity contribution < 1.29 is 13.2 Å². The van der Waals surface area contributed by atoms with E-state index in [2.05, 4.69) is 4.40 Å². The quantitative estimate of drug-likeness (QED) is 0.829. The molecule has 0 saturated carbocycles. The molecule has 0 bridgehead atoms. The fourth-order valence-electron chi connectivity index (χ4n) is 1.84. The van der Waals surface area contributed by atoms with Gasteiger partial charge in [-0.15, -0.1) is 15.7 Å². The summed E-state index contributed by atoms with van der Waals surface area (Å²) in [5.74, 6) is -0.0385. The molecule has 2 aromatic rings. The number of amides is 1. The van der Waals surface area contributed by atoms with Gasteiger partial charge in [-0.1, -0.05) is 41.6 Å². The number of thiophene rings is 1. The summed E-state index contributed by atoms with van der Waals surface area (Å²) in [6.45, 7) is 0. The zero-order valence-electron chi connectivity index (χ0n) is 11.0. The first kappa shape index (κ1) is 15.5. The van der Waals surface area contributed by atoms with Gasteiger partial charge in [-0.2, -0.15) is 8.42 Å². The molecule has 5 nitrogen and oxygen atoms in total. The van der Waals surface area contributed by atoms with E-state index in [1.165, 1.54) is 17.0 Å². The molecule has 3 rings (SSSR count). The molecule has 0 aliphatic carbocycles. The minimum absolute atomic E-state index is 0.0537. The van der Waals surface area contributed by atoms with Crippen LogP contribution in [0.5, 0.6) is 0 Å². The number of nitrogens with zero attached hydrogens (tertiary/aromatic N) is 2. The maximum absolute atomic E-state index is 12.3. The smallest absolute Gasteiger partial charge is 0.273 e. The first-order valence-corrected chi connectivity index (χ1v) is 9.70. The Kier molecular flexibility index (Phi) is 4.26. The zero-order valence-corrected chi connectivity index (χ0v) is 14.2. The molecule has 9 heteroatoms. The van der Waals surface area contributed by atoms with Gasteiger partial charge in [0.05, 0.1) is 15.8 Å². The summed E-state index contributed by atoms with van der Waals surface area (Å²) in [6.07, 6.45) is 0. The lowest BCUT2D eigenvalue weighted by Gasteiger charge is -2.15. The summed E-state index contributed by atoms with van der Waals surface area (Å²) in [5, 5.41) is 0.153. The molecule has 0 radical (unpaired) electrons. The summed E-state index contributed by atoms with van der Waals surface area (Å²) < 4.78 is 28.8. The molecule has 1 aromatic heterocycles. The van der Waals surface area contributed by atoms with Crippen LogP contribution in [0, 0.1) is 0 Å². The highest BCUT2D eigenvalue weighted by Crippen LogP contribution is 2.31. The highest BCUT2D eigenvalue weighted by molar-refractivity contribution is 8.16. The number of benzene rings is 1. The van der Waals surface area contributed by atoms with Crippen molar-refractivity contribution in [3.05, 3.63) is 46.8 Å². The van der Waals surface area contributed by atoms with Crippen molar-refractivity contribution in [1.29, 1.82) is 0 Å². The Morgan fingerprint density at radius 3 is 2.50 bits per heavy atom. The van der Waals surface area contributed by atoms with Gasteiger partial charge in [0.25, 0.3) is 10.0 Å². The average molecular weight is 373 g/mol. The Bertz CT molecular complexity index is 846. The highest BCUT2D eigenvalue weighted by Gasteiger charge is 2.32. The van der Waals surface area contributed by atoms with Gasteiger partial charge >= 0.3 is 0 Å². The van der Waals surface area contributed by atoms with Gasteiger partial charge in [-0.25, -0.2) is 0 Å². The van der Waals surface area contributed by atoms with Gasteiger partial charge < -0.3 is 0 Å². The SMILES string of the molecule is O=C1CS/C(=N\S(=O)(=O)c2ccc(Cl)s2)N1c1ccccc1. The number of para-hydroxylation sites is 1. The summed E-state index contributed by atoms with van der Waals surface area (Å²) in [4.78, 5) is 13.3. The van der Waals surface area contributed by atoms with E-state index in [-0.39, 0.29) is 21.0 Å². The Hall–Kier alpha value is -1.35. The van der Waals surface area contributed by atoms with Crippen molar-refractivity contribution in [2.45, 2.75) is 4.21 Å². The fourth-order valence-corrected chi connectivity index (χ4v) is 5.40. The number of sulfonamides is 1. The molecule has 1 aliphatic rings. The van der Waals surface area contributed by atoms with Gasteiger partial charge in [0.15, 0.2) is 5.17 Å². The molecular weight excluding hydrogens is 364 g/mol. The molecule has 1 aromatic carbocycles. The normalized spacial score (nSPS) is 17.4. The molecule has 0 N–H and O–H groups in total. The average Bonchev–Trinajstić information content (AvgIpc) is 3.07. The number of hydrogen-bond donors (Lipinski definition) is 0. The molecule has 2 heterocycles. The topological polar surface area (TPSA) is 66.8 Å². The van der Waals surface area contributed by atoms with Crippen molar-refractivity contribution in [3.63, 3.8) is 0 Å². The van der Waals surface area contributed by atoms with Crippen molar-refractivity contribution in [2.75, 3.05) is 10.7 Å². The third-order valence-corrected chi connectivity index (χ3v) is 6.79. The second-order valence-electron chi connectivity index (χ2n) is 4.26. The second kappa shape index (κ2) is 6.04. The van der Waals surface area contributed by atoms with Crippen LogP contribution in [0.25, 0.3) is 0 Å². The van der Waals surface area contributed by atoms with Gasteiger partial charge in [0, 0.05) is 0 Å². The van der Waals surface area contributed by atoms with E-state index in [0.717, 1.165) is 23.1 Å². The van der Waals surface area contributed by atoms with Crippen LogP contribution in [0.3, 0.4) is 0 Å². The molecule has 22 heavy (non-hydrogen) atoms. The molecule has 1 aliphatic heterocycles. The number of amidine groups is 1. The van der Waals surface area contributed by atoms with Gasteiger partial charge in [-0.3, -0.25) is 9.69 Å². The number of rotatable bonds is 3. The highest BCUT2D eigenvalue weighted by atomic mass is 35.5. The van der Waals surface area contributed by atoms with Gasteiger partial charge in [0.1, 0.15) is 4.21 Å². The first-order chi connectivity index (χ1) is 10.5. The third-order valence-electron chi connectivity index (χ3n) is 2.78. The number of hydrogen-bond acceptors (Lipinski definition) is 5. The van der Waals surface area contributed by atoms with E-state index in [4.69, 9.17) is 11.6 Å². The number of halogens is 1. The molecule has 1 fully saturated rings. The van der Waals surface area contributed by atoms with E-state index >= 15 is 0 Å². The maximum atomic E-state index is 12.3. The molecule has 0 unspecified atom stereocenters. The standard InChI is InChI=1S/C13H9ClN2O3S3/c14-10-6-7-12(21-10)22(18,19)15-13-16(11(17)8-20-13)9-4-2-1-3-5-9/h1-7H,8H2/b15-13-. The van der Waals surface area contributed by atoms with Gasteiger partial charge in [0.2, 0.25) is 5.91 Å². The summed E-state index contributed by atoms with van der Waals surface area (Å²) >= 11 is 7.80. The number of carbonyl (C=O) groups excluding carboxylic acids is 1. The minimum Gasteiger partial charge on any atom is -0.273 e. The molecule has 0 spiro atoms. The fraction of sp³-hybridized carbons (Fsp3) is 0.0769. The Labute approximate surface area is 140 Å². The Morgan fingerprint density at radius 1 is 1.14 bits per heavy atom. The molecule has 0 atom stereocenters. The van der Waals surface area contributed by atoms with Crippen LogP contribution in [0.4, 0.5) is 5.69 Å². The van der Waals surface area contributed by atoms with Crippen molar-refractivity contribution in [3.8, 4) is 0 Å². The second-order valence-corrected chi connectivity index (χ2v) is 8.75. The van der Waals surface area contributed by atoms with E-state index in [1.807, 2.05) is 6.07 Å². The van der Waals surface area contributed by atoms with E-state index in [0.29, 0.717) is 10.0 Å². The van der Waals surface area contributed by atoms with Gasteiger partial charge in [-0.05, 0) is 24.3 Å². The largest absolute Gasteiger partial charge is 0.294 e. The monoisotopic (exact) mass is 372 g/mol. The first-order valence-electron chi connectivity index (χ1n) is 6.08. The predicted molar refractivity (Wildman–Crippen MR) is 90.3 cm³/mol. The predicted octanol–water partition coefficient (Wildman–Crippen LogP) is 3.23. The summed E-state index contributed by atoms with van der Waals surface area (Å²) in [5.41, 5.74) is 0.593. The van der Waals surface area contributed by atoms with E-state index < -0.39 is 10.0 Å². The van der Waals surface area contributed by atoms with Crippen molar-refractivity contribution in [2.24, 2.45) is 4.40 Å². The van der Waals surface area contributed by atoms with Crippen molar-refractivity contribution >= 4 is 61.5 Å². The van der Waals surface area contributed by atoms with E-state index in [1.54, 1.807) is 24.3 Å². The van der Waals surface area contributed by atoms with E-state index in [9.17, 15) is 13.2 Å². The summed E-state index contributed by atoms with van der Waals surface area (Å²) in [6, 6.07) is 11.7. The zero-order chi connectivity index (χ0) is 15.7. The van der Waals surface area contributed by atoms with Crippen LogP contribution < -0.4 is 4.90 Å². The van der Waals surface area contributed by atoms with Crippen LogP contribution >= 0.6 is 34.7 Å². The molecule has 114 valence electrons. The lowest BCUT2D eigenvalue weighted by Crippen LogP contribution is -2.29. The van der Waals surface area contributed by atoms with Crippen LogP contribution in [-0.2, 0) is 14.8 Å². The number of anilines is 1. The molecule has 1 amide bonds. The number of carbonyl (C=O) groups is 1. The third kappa shape index (κ3) is 3.05. The number of thioether (sulfide) groups is 1. The molecule has 1 saturated heterocycles. The lowest BCUT2D eigenvalue weighted by molar-refractivity contribution is -0.115. The molecular formula is C13H9ClN2O3S3. The lowest BCUT2D eigenvalue weighted by atomic mass is 10.3. The van der Waals surface area contributed by atoms with Crippen LogP contribution in [0.2, 0.25) is 4.34 Å². The van der Waals surface area contributed by atoms with Crippen LogP contribution in [-0.4, -0.2) is 25.2 Å².